The fourth-order valence-corrected chi connectivity index (χ4v) is 3.38. The van der Waals surface area contributed by atoms with Crippen molar-refractivity contribution in [1.29, 1.82) is 0 Å². The predicted octanol–water partition coefficient (Wildman–Crippen LogP) is 3.34. The van der Waals surface area contributed by atoms with Crippen LogP contribution in [0.25, 0.3) is 0 Å². The third-order valence-corrected chi connectivity index (χ3v) is 5.33. The molecule has 17 heavy (non-hydrogen) atoms. The van der Waals surface area contributed by atoms with E-state index in [9.17, 15) is 10.1 Å². The standard InChI is InChI=1S/C10H14NO4PS/c1-3-8-16(17,14-2)15-10-6-4-9(5-7-10)11(12)13/h4-7H,3,8H2,1-2H3. The maximum Gasteiger partial charge on any atom is 0.269 e. The molecule has 0 saturated heterocycles. The van der Waals surface area contributed by atoms with Crippen molar-refractivity contribution in [2.45, 2.75) is 13.3 Å². The van der Waals surface area contributed by atoms with Crippen LogP contribution in [0.1, 0.15) is 13.3 Å². The van der Waals surface area contributed by atoms with E-state index in [0.29, 0.717) is 11.9 Å². The molecule has 0 amide bonds. The average molecular weight is 275 g/mol. The van der Waals surface area contributed by atoms with Gasteiger partial charge in [-0.3, -0.25) is 10.1 Å². The Hall–Kier alpha value is -0.970. The molecule has 1 aromatic carbocycles. The summed E-state index contributed by atoms with van der Waals surface area (Å²) < 4.78 is 10.8. The van der Waals surface area contributed by atoms with Crippen LogP contribution in [0.15, 0.2) is 24.3 Å². The minimum absolute atomic E-state index is 0.0264. The molecule has 1 aromatic rings. The van der Waals surface area contributed by atoms with Gasteiger partial charge in [0.15, 0.2) is 0 Å². The third-order valence-electron chi connectivity index (χ3n) is 2.07. The molecule has 0 aliphatic rings. The minimum Gasteiger partial charge on any atom is -0.443 e. The van der Waals surface area contributed by atoms with E-state index in [1.54, 1.807) is 0 Å². The normalized spacial score (nSPS) is 14.0. The Bertz CT molecular complexity index is 434. The highest BCUT2D eigenvalue weighted by Crippen LogP contribution is 2.48. The highest BCUT2D eigenvalue weighted by Gasteiger charge is 2.18. The highest BCUT2D eigenvalue weighted by atomic mass is 32.5. The summed E-state index contributed by atoms with van der Waals surface area (Å²) in [5.41, 5.74) is 0.0264. The smallest absolute Gasteiger partial charge is 0.269 e. The second kappa shape index (κ2) is 6.10. The summed E-state index contributed by atoms with van der Waals surface area (Å²) in [5.74, 6) is 0.509. The largest absolute Gasteiger partial charge is 0.443 e. The van der Waals surface area contributed by atoms with Gasteiger partial charge in [-0.15, -0.1) is 0 Å². The molecule has 0 fully saturated rings. The monoisotopic (exact) mass is 275 g/mol. The SMILES string of the molecule is CCCP(=S)(OC)Oc1ccc([N+](=O)[O-])cc1. The summed E-state index contributed by atoms with van der Waals surface area (Å²) in [6.45, 7) is -0.298. The summed E-state index contributed by atoms with van der Waals surface area (Å²) in [5, 5.41) is 10.5. The van der Waals surface area contributed by atoms with Gasteiger partial charge in [0.05, 0.1) is 4.92 Å². The van der Waals surface area contributed by atoms with Crippen LogP contribution in [0.2, 0.25) is 0 Å². The van der Waals surface area contributed by atoms with Gasteiger partial charge in [-0.25, -0.2) is 0 Å². The number of non-ortho nitro benzene ring substituents is 1. The van der Waals surface area contributed by atoms with E-state index in [1.807, 2.05) is 6.92 Å². The van der Waals surface area contributed by atoms with Crippen LogP contribution in [-0.4, -0.2) is 18.2 Å². The summed E-state index contributed by atoms with van der Waals surface area (Å²) in [7, 11) is 1.53. The molecule has 0 bridgehead atoms. The van der Waals surface area contributed by atoms with Gasteiger partial charge in [0.2, 0.25) is 6.49 Å². The molecule has 0 aromatic heterocycles. The lowest BCUT2D eigenvalue weighted by Crippen LogP contribution is -1.99. The zero-order chi connectivity index (χ0) is 12.9. The minimum atomic E-state index is -2.30. The summed E-state index contributed by atoms with van der Waals surface area (Å²) >= 11 is 5.30. The molecule has 0 aliphatic carbocycles. The van der Waals surface area contributed by atoms with Crippen LogP contribution in [0.3, 0.4) is 0 Å². The van der Waals surface area contributed by atoms with E-state index in [4.69, 9.17) is 20.9 Å². The van der Waals surface area contributed by atoms with Gasteiger partial charge >= 0.3 is 0 Å². The van der Waals surface area contributed by atoms with Crippen molar-refractivity contribution in [2.75, 3.05) is 13.3 Å². The van der Waals surface area contributed by atoms with Crippen molar-refractivity contribution in [3.8, 4) is 5.75 Å². The molecule has 1 unspecified atom stereocenters. The van der Waals surface area contributed by atoms with Crippen molar-refractivity contribution in [3.63, 3.8) is 0 Å². The summed E-state index contributed by atoms with van der Waals surface area (Å²) in [6.07, 6.45) is 1.55. The van der Waals surface area contributed by atoms with E-state index < -0.39 is 11.4 Å². The van der Waals surface area contributed by atoms with Gasteiger partial charge in [0.25, 0.3) is 5.69 Å². The van der Waals surface area contributed by atoms with Crippen molar-refractivity contribution in [1.82, 2.24) is 0 Å². The van der Waals surface area contributed by atoms with Crippen LogP contribution in [-0.2, 0) is 16.3 Å². The Kier molecular flexibility index (Phi) is 5.05. The fraction of sp³-hybridized carbons (Fsp3) is 0.400. The van der Waals surface area contributed by atoms with Crippen molar-refractivity contribution >= 4 is 24.0 Å². The van der Waals surface area contributed by atoms with Crippen LogP contribution < -0.4 is 4.52 Å². The van der Waals surface area contributed by atoms with Crippen molar-refractivity contribution in [3.05, 3.63) is 34.4 Å². The third kappa shape index (κ3) is 4.07. The van der Waals surface area contributed by atoms with Gasteiger partial charge in [-0.1, -0.05) is 6.92 Å². The van der Waals surface area contributed by atoms with Gasteiger partial charge in [0.1, 0.15) is 5.75 Å². The number of benzene rings is 1. The molecule has 94 valence electrons. The molecule has 1 atom stereocenters. The Morgan fingerprint density at radius 2 is 2.00 bits per heavy atom. The quantitative estimate of drug-likeness (QED) is 0.452. The number of nitro groups is 1. The first kappa shape index (κ1) is 14.1. The highest BCUT2D eigenvalue weighted by molar-refractivity contribution is 8.10. The van der Waals surface area contributed by atoms with Gasteiger partial charge in [0, 0.05) is 25.4 Å². The topological polar surface area (TPSA) is 61.6 Å². The molecule has 0 spiro atoms. The maximum atomic E-state index is 10.5. The molecule has 0 saturated carbocycles. The van der Waals surface area contributed by atoms with Crippen LogP contribution in [0, 0.1) is 10.1 Å². The van der Waals surface area contributed by atoms with Crippen molar-refractivity contribution in [2.24, 2.45) is 0 Å². The number of nitro benzene ring substituents is 1. The molecule has 0 aliphatic heterocycles. The van der Waals surface area contributed by atoms with Gasteiger partial charge < -0.3 is 9.05 Å². The number of hydrogen-bond acceptors (Lipinski definition) is 5. The lowest BCUT2D eigenvalue weighted by molar-refractivity contribution is -0.384. The Balaban J connectivity index is 2.81. The van der Waals surface area contributed by atoms with E-state index in [1.165, 1.54) is 31.4 Å². The molecular formula is C10H14NO4PS. The molecule has 5 nitrogen and oxygen atoms in total. The molecule has 7 heteroatoms. The molecule has 0 N–H and O–H groups in total. The molecule has 1 rings (SSSR count). The van der Waals surface area contributed by atoms with Crippen LogP contribution in [0.4, 0.5) is 5.69 Å². The van der Waals surface area contributed by atoms with Crippen molar-refractivity contribution < 1.29 is 14.0 Å². The second-order valence-electron chi connectivity index (χ2n) is 3.36. The Labute approximate surface area is 105 Å². The zero-order valence-electron chi connectivity index (χ0n) is 9.66. The first-order valence-corrected chi connectivity index (χ1v) is 7.92. The van der Waals surface area contributed by atoms with Crippen LogP contribution >= 0.6 is 6.49 Å². The molecule has 0 heterocycles. The van der Waals surface area contributed by atoms with E-state index in [-0.39, 0.29) is 5.69 Å². The first-order valence-electron chi connectivity index (χ1n) is 5.09. The lowest BCUT2D eigenvalue weighted by Gasteiger charge is -2.20. The van der Waals surface area contributed by atoms with E-state index in [0.717, 1.165) is 6.42 Å². The first-order chi connectivity index (χ1) is 8.00. The maximum absolute atomic E-state index is 10.5. The predicted molar refractivity (Wildman–Crippen MR) is 70.2 cm³/mol. The van der Waals surface area contributed by atoms with Crippen LogP contribution in [0.5, 0.6) is 5.75 Å². The van der Waals surface area contributed by atoms with E-state index in [2.05, 4.69) is 0 Å². The van der Waals surface area contributed by atoms with E-state index >= 15 is 0 Å². The Morgan fingerprint density at radius 3 is 2.41 bits per heavy atom. The summed E-state index contributed by atoms with van der Waals surface area (Å²) in [4.78, 5) is 10.0. The van der Waals surface area contributed by atoms with Gasteiger partial charge in [-0.05, 0) is 30.4 Å². The average Bonchev–Trinajstić information content (AvgIpc) is 2.30. The molecule has 0 radical (unpaired) electrons. The zero-order valence-corrected chi connectivity index (χ0v) is 11.4. The number of hydrogen-bond donors (Lipinski definition) is 0. The fourth-order valence-electron chi connectivity index (χ4n) is 1.24. The molecular weight excluding hydrogens is 261 g/mol. The lowest BCUT2D eigenvalue weighted by atomic mass is 10.3. The Morgan fingerprint density at radius 1 is 1.41 bits per heavy atom. The number of rotatable bonds is 6. The second-order valence-corrected chi connectivity index (χ2v) is 7.25. The number of nitrogens with zero attached hydrogens (tertiary/aromatic N) is 1. The summed E-state index contributed by atoms with van der Waals surface area (Å²) in [6, 6.07) is 5.84. The van der Waals surface area contributed by atoms with Gasteiger partial charge in [-0.2, -0.15) is 0 Å².